The normalized spacial score (nSPS) is 36.0. The van der Waals surface area contributed by atoms with E-state index in [1.807, 2.05) is 32.4 Å². The second-order valence-corrected chi connectivity index (χ2v) is 13.7. The molecule has 4 atom stereocenters. The van der Waals surface area contributed by atoms with Crippen LogP contribution in [0.5, 0.6) is 0 Å². The van der Waals surface area contributed by atoms with Crippen molar-refractivity contribution >= 4 is 64.8 Å². The fourth-order valence-corrected chi connectivity index (χ4v) is 11.9. The van der Waals surface area contributed by atoms with Gasteiger partial charge in [0.05, 0.1) is 5.37 Å². The van der Waals surface area contributed by atoms with Crippen LogP contribution >= 0.6 is 64.8 Å². The molecule has 0 saturated carbocycles. The first-order valence-corrected chi connectivity index (χ1v) is 15.2. The second-order valence-electron chi connectivity index (χ2n) is 5.76. The van der Waals surface area contributed by atoms with Crippen LogP contribution in [0, 0.1) is 0 Å². The molecule has 2 nitrogen and oxygen atoms in total. The van der Waals surface area contributed by atoms with Gasteiger partial charge in [0, 0.05) is 28.6 Å². The Labute approximate surface area is 158 Å². The van der Waals surface area contributed by atoms with E-state index in [2.05, 4.69) is 37.7 Å². The van der Waals surface area contributed by atoms with Crippen molar-refractivity contribution in [2.24, 2.45) is 0 Å². The lowest BCUT2D eigenvalue weighted by atomic mass is 10.1. The first kappa shape index (κ1) is 18.8. The Balaban J connectivity index is 1.19. The average Bonchev–Trinajstić information content (AvgIpc) is 3.23. The van der Waals surface area contributed by atoms with Gasteiger partial charge < -0.3 is 4.74 Å². The average molecular weight is 416 g/mol. The van der Waals surface area contributed by atoms with Crippen LogP contribution in [-0.2, 0) is 4.74 Å². The van der Waals surface area contributed by atoms with E-state index in [1.165, 1.54) is 56.5 Å². The molecule has 3 aliphatic rings. The molecule has 1 N–H and O–H groups in total. The topological polar surface area (TPSA) is 21.3 Å². The van der Waals surface area contributed by atoms with Gasteiger partial charge in [-0.2, -0.15) is 0 Å². The lowest BCUT2D eigenvalue weighted by Crippen LogP contribution is -2.37. The molecule has 0 spiro atoms. The van der Waals surface area contributed by atoms with E-state index >= 15 is 0 Å². The van der Waals surface area contributed by atoms with Crippen molar-refractivity contribution in [3.63, 3.8) is 0 Å². The van der Waals surface area contributed by atoms with Gasteiger partial charge in [-0.15, -0.1) is 0 Å². The van der Waals surface area contributed by atoms with Crippen molar-refractivity contribution in [1.82, 2.24) is 5.32 Å². The highest BCUT2D eigenvalue weighted by Crippen LogP contribution is 2.47. The highest BCUT2D eigenvalue weighted by Gasteiger charge is 2.33. The summed E-state index contributed by atoms with van der Waals surface area (Å²) in [6.45, 7) is 0.914. The van der Waals surface area contributed by atoms with Gasteiger partial charge in [-0.3, -0.25) is 5.32 Å². The zero-order valence-electron chi connectivity index (χ0n) is 12.7. The fraction of sp³-hybridized carbons (Fsp3) is 1.00. The van der Waals surface area contributed by atoms with Crippen LogP contribution in [0.15, 0.2) is 0 Å². The predicted octanol–water partition coefficient (Wildman–Crippen LogP) is 5.86. The van der Waals surface area contributed by atoms with Gasteiger partial charge in [-0.1, -0.05) is 66.8 Å². The molecule has 3 heterocycles. The van der Waals surface area contributed by atoms with Crippen molar-refractivity contribution in [3.05, 3.63) is 0 Å². The fourth-order valence-electron chi connectivity index (χ4n) is 2.68. The van der Waals surface area contributed by atoms with Crippen LogP contribution in [0.2, 0.25) is 0 Å². The Morgan fingerprint density at radius 3 is 2.68 bits per heavy atom. The third kappa shape index (κ3) is 6.39. The van der Waals surface area contributed by atoms with Gasteiger partial charge in [-0.25, -0.2) is 0 Å². The SMILES string of the molecule is C(CCOC1NC(C2CCCSS2)SS1)CCC1CCSS1. The molecule has 0 radical (unpaired) electrons. The zero-order chi connectivity index (χ0) is 15.0. The number of ether oxygens (including phenoxy) is 1. The highest BCUT2D eigenvalue weighted by molar-refractivity contribution is 8.79. The minimum atomic E-state index is 0.212. The number of unbranched alkanes of at least 4 members (excludes halogenated alkanes) is 2. The standard InChI is InChI=1S/C14H25NOS6/c1(2-5-11-7-10-18-19-11)3-8-16-14-15-13(21-22-14)12-6-4-9-17-20-12/h11-15H,1-10H2. The van der Waals surface area contributed by atoms with Crippen molar-refractivity contribution in [2.45, 2.75) is 66.4 Å². The van der Waals surface area contributed by atoms with Crippen LogP contribution in [0.4, 0.5) is 0 Å². The molecule has 0 aromatic heterocycles. The Morgan fingerprint density at radius 2 is 1.86 bits per heavy atom. The van der Waals surface area contributed by atoms with E-state index in [4.69, 9.17) is 4.74 Å². The third-order valence-electron chi connectivity index (χ3n) is 3.96. The van der Waals surface area contributed by atoms with E-state index in [0.717, 1.165) is 17.1 Å². The number of hydrogen-bond donors (Lipinski definition) is 1. The summed E-state index contributed by atoms with van der Waals surface area (Å²) in [5.74, 6) is 2.68. The first-order valence-electron chi connectivity index (χ1n) is 8.18. The van der Waals surface area contributed by atoms with Crippen molar-refractivity contribution < 1.29 is 4.74 Å². The maximum Gasteiger partial charge on any atom is 0.167 e. The van der Waals surface area contributed by atoms with Crippen molar-refractivity contribution in [3.8, 4) is 0 Å². The number of hydrogen-bond acceptors (Lipinski definition) is 8. The molecule has 0 aromatic carbocycles. The monoisotopic (exact) mass is 415 g/mol. The van der Waals surface area contributed by atoms with Gasteiger partial charge in [0.25, 0.3) is 0 Å². The molecular formula is C14H25NOS6. The zero-order valence-corrected chi connectivity index (χ0v) is 17.6. The highest BCUT2D eigenvalue weighted by atomic mass is 33.1. The van der Waals surface area contributed by atoms with Crippen LogP contribution in [0.1, 0.15) is 44.9 Å². The van der Waals surface area contributed by atoms with E-state index in [9.17, 15) is 0 Å². The molecule has 22 heavy (non-hydrogen) atoms. The lowest BCUT2D eigenvalue weighted by Gasteiger charge is -2.25. The Kier molecular flexibility index (Phi) is 9.30. The van der Waals surface area contributed by atoms with Crippen LogP contribution in [0.3, 0.4) is 0 Å². The van der Waals surface area contributed by atoms with Gasteiger partial charge in [0.1, 0.15) is 0 Å². The third-order valence-corrected chi connectivity index (χ3v) is 12.8. The van der Waals surface area contributed by atoms with E-state index < -0.39 is 0 Å². The van der Waals surface area contributed by atoms with Crippen LogP contribution in [-0.4, -0.2) is 39.5 Å². The molecular weight excluding hydrogens is 391 g/mol. The Hall–Kier alpha value is 2.02. The first-order chi connectivity index (χ1) is 10.9. The molecule has 128 valence electrons. The predicted molar refractivity (Wildman–Crippen MR) is 112 cm³/mol. The number of nitrogens with one attached hydrogen (secondary N) is 1. The molecule has 4 unspecified atom stereocenters. The smallest absolute Gasteiger partial charge is 0.167 e. The summed E-state index contributed by atoms with van der Waals surface area (Å²) in [5, 5.41) is 5.92. The molecule has 0 aliphatic carbocycles. The van der Waals surface area contributed by atoms with E-state index in [-0.39, 0.29) is 5.56 Å². The minimum Gasteiger partial charge on any atom is -0.353 e. The molecule has 8 heteroatoms. The maximum atomic E-state index is 6.00. The lowest BCUT2D eigenvalue weighted by molar-refractivity contribution is 0.0881. The summed E-state index contributed by atoms with van der Waals surface area (Å²) in [6.07, 6.45) is 9.47. The Bertz CT molecular complexity index is 312. The van der Waals surface area contributed by atoms with Crippen LogP contribution < -0.4 is 5.32 Å². The molecule has 0 aromatic rings. The van der Waals surface area contributed by atoms with Crippen LogP contribution in [0.25, 0.3) is 0 Å². The quantitative estimate of drug-likeness (QED) is 0.388. The Morgan fingerprint density at radius 1 is 0.909 bits per heavy atom. The summed E-state index contributed by atoms with van der Waals surface area (Å²) < 4.78 is 6.00. The summed E-state index contributed by atoms with van der Waals surface area (Å²) in [7, 11) is 12.1. The van der Waals surface area contributed by atoms with E-state index in [1.54, 1.807) is 0 Å². The maximum absolute atomic E-state index is 6.00. The minimum absolute atomic E-state index is 0.212. The molecule has 3 fully saturated rings. The molecule has 0 amide bonds. The van der Waals surface area contributed by atoms with Crippen molar-refractivity contribution in [1.29, 1.82) is 0 Å². The van der Waals surface area contributed by atoms with E-state index in [0.29, 0.717) is 5.37 Å². The molecule has 0 bridgehead atoms. The summed E-state index contributed by atoms with van der Waals surface area (Å²) in [5.41, 5.74) is 0.212. The summed E-state index contributed by atoms with van der Waals surface area (Å²) in [6, 6.07) is 0. The molecule has 3 rings (SSSR count). The molecule has 3 aliphatic heterocycles. The van der Waals surface area contributed by atoms with Gasteiger partial charge in [0.15, 0.2) is 5.56 Å². The molecule has 3 saturated heterocycles. The summed E-state index contributed by atoms with van der Waals surface area (Å²) in [4.78, 5) is 0. The van der Waals surface area contributed by atoms with Gasteiger partial charge in [0.2, 0.25) is 0 Å². The summed E-state index contributed by atoms with van der Waals surface area (Å²) >= 11 is 0. The second kappa shape index (κ2) is 10.9. The number of rotatable bonds is 8. The largest absolute Gasteiger partial charge is 0.353 e. The van der Waals surface area contributed by atoms with Gasteiger partial charge in [-0.05, 0) is 42.9 Å². The van der Waals surface area contributed by atoms with Gasteiger partial charge >= 0.3 is 0 Å². The van der Waals surface area contributed by atoms with Crippen molar-refractivity contribution in [2.75, 3.05) is 18.1 Å².